The summed E-state index contributed by atoms with van der Waals surface area (Å²) in [5, 5.41) is 5.33. The minimum atomic E-state index is -0.837. The highest BCUT2D eigenvalue weighted by atomic mass is 16.8. The van der Waals surface area contributed by atoms with Crippen molar-refractivity contribution in [1.82, 2.24) is 10.6 Å². The Kier molecular flexibility index (Phi) is 8.26. The molecule has 0 aliphatic carbocycles. The summed E-state index contributed by atoms with van der Waals surface area (Å²) >= 11 is 0. The molecule has 2 aliphatic heterocycles. The van der Waals surface area contributed by atoms with Gasteiger partial charge in [-0.05, 0) is 34.6 Å². The average molecular weight is 446 g/mol. The van der Waals surface area contributed by atoms with Gasteiger partial charge in [0.25, 0.3) is 0 Å². The first kappa shape index (κ1) is 25.3. The second-order valence-electron chi connectivity index (χ2n) is 8.90. The SMILES string of the molecule is COC(=O)CCNC(=O)CC(NC(=O)OC(C)(C)C)C1OC2OC(C)(C)OC2C1OC. The Hall–Kier alpha value is -1.95. The molecule has 2 heterocycles. The van der Waals surface area contributed by atoms with Gasteiger partial charge in [0.1, 0.15) is 23.9 Å². The van der Waals surface area contributed by atoms with E-state index in [1.807, 2.05) is 0 Å². The van der Waals surface area contributed by atoms with Crippen LogP contribution in [0.15, 0.2) is 0 Å². The predicted molar refractivity (Wildman–Crippen MR) is 107 cm³/mol. The molecule has 0 aromatic heterocycles. The zero-order valence-electron chi connectivity index (χ0n) is 19.2. The molecule has 2 saturated heterocycles. The van der Waals surface area contributed by atoms with Crippen molar-refractivity contribution in [3.05, 3.63) is 0 Å². The molecule has 5 atom stereocenters. The minimum absolute atomic E-state index is 0.0357. The van der Waals surface area contributed by atoms with Crippen LogP contribution in [0.2, 0.25) is 0 Å². The molecule has 0 saturated carbocycles. The van der Waals surface area contributed by atoms with Crippen LogP contribution in [0, 0.1) is 0 Å². The topological polar surface area (TPSA) is 131 Å². The van der Waals surface area contributed by atoms with Gasteiger partial charge in [-0.1, -0.05) is 0 Å². The standard InChI is InChI=1S/C20H34N2O9/c1-19(2,3)31-18(25)22-11(10-12(23)21-9-8-13(24)26-6)14-15(27-7)16-17(28-14)30-20(4,5)29-16/h11,14-17H,8-10H2,1-7H3,(H,21,23)(H,22,25). The minimum Gasteiger partial charge on any atom is -0.469 e. The Labute approximate surface area is 182 Å². The molecule has 0 radical (unpaired) electrons. The number of carbonyl (C=O) groups excluding carboxylic acids is 3. The summed E-state index contributed by atoms with van der Waals surface area (Å²) in [6, 6.07) is -0.793. The lowest BCUT2D eigenvalue weighted by Crippen LogP contribution is -2.52. The van der Waals surface area contributed by atoms with E-state index in [0.717, 1.165) is 0 Å². The Morgan fingerprint density at radius 3 is 2.39 bits per heavy atom. The summed E-state index contributed by atoms with van der Waals surface area (Å²) in [4.78, 5) is 36.1. The molecule has 0 aromatic carbocycles. The first-order valence-electron chi connectivity index (χ1n) is 10.2. The molecule has 2 N–H and O–H groups in total. The molecule has 11 nitrogen and oxygen atoms in total. The quantitative estimate of drug-likeness (QED) is 0.521. The summed E-state index contributed by atoms with van der Waals surface area (Å²) < 4.78 is 33.1. The van der Waals surface area contributed by atoms with E-state index in [0.29, 0.717) is 0 Å². The number of amides is 2. The van der Waals surface area contributed by atoms with Crippen LogP contribution in [0.3, 0.4) is 0 Å². The van der Waals surface area contributed by atoms with Gasteiger partial charge in [0, 0.05) is 20.1 Å². The molecule has 0 spiro atoms. The number of rotatable bonds is 8. The first-order chi connectivity index (χ1) is 14.3. The van der Waals surface area contributed by atoms with Crippen molar-refractivity contribution < 1.29 is 42.8 Å². The third-order valence-corrected chi connectivity index (χ3v) is 4.68. The van der Waals surface area contributed by atoms with E-state index in [4.69, 9.17) is 23.7 Å². The molecule has 0 bridgehead atoms. The van der Waals surface area contributed by atoms with E-state index in [-0.39, 0.29) is 25.3 Å². The summed E-state index contributed by atoms with van der Waals surface area (Å²) in [6.07, 6.45) is -3.32. The van der Waals surface area contributed by atoms with Crippen molar-refractivity contribution in [2.24, 2.45) is 0 Å². The number of nitrogens with one attached hydrogen (secondary N) is 2. The number of carbonyl (C=O) groups is 3. The largest absolute Gasteiger partial charge is 0.469 e. The molecule has 2 amide bonds. The average Bonchev–Trinajstić information content (AvgIpc) is 3.10. The van der Waals surface area contributed by atoms with Gasteiger partial charge in [0.2, 0.25) is 5.91 Å². The van der Waals surface area contributed by atoms with E-state index in [9.17, 15) is 14.4 Å². The highest BCUT2D eigenvalue weighted by Crippen LogP contribution is 2.39. The Morgan fingerprint density at radius 2 is 1.81 bits per heavy atom. The Bertz CT molecular complexity index is 662. The fraction of sp³-hybridized carbons (Fsp3) is 0.850. The molecular weight excluding hydrogens is 412 g/mol. The number of hydrogen-bond acceptors (Lipinski definition) is 9. The molecule has 31 heavy (non-hydrogen) atoms. The van der Waals surface area contributed by atoms with Crippen LogP contribution in [0.1, 0.15) is 47.5 Å². The number of fused-ring (bicyclic) bond motifs is 1. The molecule has 2 aliphatic rings. The molecule has 5 unspecified atom stereocenters. The number of esters is 1. The number of hydrogen-bond donors (Lipinski definition) is 2. The van der Waals surface area contributed by atoms with E-state index in [1.54, 1.807) is 34.6 Å². The molecule has 11 heteroatoms. The zero-order valence-corrected chi connectivity index (χ0v) is 19.2. The van der Waals surface area contributed by atoms with E-state index in [1.165, 1.54) is 14.2 Å². The highest BCUT2D eigenvalue weighted by Gasteiger charge is 2.57. The van der Waals surface area contributed by atoms with Crippen molar-refractivity contribution in [3.63, 3.8) is 0 Å². The second kappa shape index (κ2) is 10.1. The maximum Gasteiger partial charge on any atom is 0.407 e. The maximum atomic E-state index is 12.5. The lowest BCUT2D eigenvalue weighted by atomic mass is 10.00. The van der Waals surface area contributed by atoms with Crippen LogP contribution >= 0.6 is 0 Å². The van der Waals surface area contributed by atoms with Gasteiger partial charge in [0.05, 0.1) is 19.6 Å². The summed E-state index contributed by atoms with van der Waals surface area (Å²) in [7, 11) is 2.77. The number of ether oxygens (including phenoxy) is 6. The Morgan fingerprint density at radius 1 is 1.13 bits per heavy atom. The van der Waals surface area contributed by atoms with Crippen LogP contribution in [0.25, 0.3) is 0 Å². The smallest absolute Gasteiger partial charge is 0.407 e. The lowest BCUT2D eigenvalue weighted by molar-refractivity contribution is -0.220. The van der Waals surface area contributed by atoms with Gasteiger partial charge in [-0.25, -0.2) is 4.79 Å². The van der Waals surface area contributed by atoms with E-state index < -0.39 is 54.1 Å². The molecule has 2 rings (SSSR count). The van der Waals surface area contributed by atoms with Gasteiger partial charge in [-0.2, -0.15) is 0 Å². The predicted octanol–water partition coefficient (Wildman–Crippen LogP) is 0.841. The van der Waals surface area contributed by atoms with Crippen molar-refractivity contribution in [1.29, 1.82) is 0 Å². The molecule has 0 aromatic rings. The summed E-state index contributed by atoms with van der Waals surface area (Å²) in [6.45, 7) is 8.84. The summed E-state index contributed by atoms with van der Waals surface area (Å²) in [5.74, 6) is -1.66. The van der Waals surface area contributed by atoms with Gasteiger partial charge >= 0.3 is 12.1 Å². The van der Waals surface area contributed by atoms with Gasteiger partial charge in [-0.15, -0.1) is 0 Å². The van der Waals surface area contributed by atoms with Crippen LogP contribution < -0.4 is 10.6 Å². The van der Waals surface area contributed by atoms with Crippen LogP contribution in [-0.4, -0.2) is 80.8 Å². The molecule has 178 valence electrons. The zero-order chi connectivity index (χ0) is 23.4. The van der Waals surface area contributed by atoms with Crippen LogP contribution in [0.4, 0.5) is 4.79 Å². The van der Waals surface area contributed by atoms with Crippen LogP contribution in [0.5, 0.6) is 0 Å². The van der Waals surface area contributed by atoms with Crippen molar-refractivity contribution in [2.45, 2.75) is 89.5 Å². The summed E-state index contributed by atoms with van der Waals surface area (Å²) in [5.41, 5.74) is -0.721. The van der Waals surface area contributed by atoms with Crippen molar-refractivity contribution in [3.8, 4) is 0 Å². The van der Waals surface area contributed by atoms with Crippen molar-refractivity contribution in [2.75, 3.05) is 20.8 Å². The first-order valence-corrected chi connectivity index (χ1v) is 10.2. The van der Waals surface area contributed by atoms with E-state index >= 15 is 0 Å². The molecular formula is C20H34N2O9. The second-order valence-corrected chi connectivity index (χ2v) is 8.90. The van der Waals surface area contributed by atoms with E-state index in [2.05, 4.69) is 15.4 Å². The third-order valence-electron chi connectivity index (χ3n) is 4.68. The number of methoxy groups -OCH3 is 2. The number of alkyl carbamates (subject to hydrolysis) is 1. The maximum absolute atomic E-state index is 12.5. The lowest BCUT2D eigenvalue weighted by Gasteiger charge is -2.31. The van der Waals surface area contributed by atoms with Gasteiger partial charge in [-0.3, -0.25) is 9.59 Å². The fourth-order valence-electron chi connectivity index (χ4n) is 3.48. The van der Waals surface area contributed by atoms with Crippen LogP contribution in [-0.2, 0) is 38.0 Å². The third kappa shape index (κ3) is 7.30. The van der Waals surface area contributed by atoms with Crippen molar-refractivity contribution >= 4 is 18.0 Å². The normalized spacial score (nSPS) is 27.8. The monoisotopic (exact) mass is 446 g/mol. The fourth-order valence-corrected chi connectivity index (χ4v) is 3.48. The Balaban J connectivity index is 2.09. The highest BCUT2D eigenvalue weighted by molar-refractivity contribution is 5.78. The van der Waals surface area contributed by atoms with Gasteiger partial charge < -0.3 is 39.1 Å². The van der Waals surface area contributed by atoms with Gasteiger partial charge in [0.15, 0.2) is 12.1 Å². The molecule has 2 fully saturated rings.